The van der Waals surface area contributed by atoms with Crippen LogP contribution in [0.4, 0.5) is 0 Å². The van der Waals surface area contributed by atoms with E-state index in [-0.39, 0.29) is 12.2 Å². The Balaban J connectivity index is 2.46. The summed E-state index contributed by atoms with van der Waals surface area (Å²) in [6, 6.07) is 7.67. The molecule has 0 saturated carbocycles. The van der Waals surface area contributed by atoms with Crippen LogP contribution in [0.1, 0.15) is 10.4 Å². The molecule has 2 rings (SSSR count). The number of thiophene rings is 1. The third-order valence-electron chi connectivity index (χ3n) is 2.50. The van der Waals surface area contributed by atoms with Crippen molar-refractivity contribution in [2.75, 3.05) is 0 Å². The molecule has 2 aromatic rings. The molecule has 0 atom stereocenters. The molecule has 4 heteroatoms. The summed E-state index contributed by atoms with van der Waals surface area (Å²) in [6.45, 7) is 1.98. The Kier molecular flexibility index (Phi) is 3.15. The number of carboxylic acids is 1. The summed E-state index contributed by atoms with van der Waals surface area (Å²) >= 11 is 1.27. The summed E-state index contributed by atoms with van der Waals surface area (Å²) in [6.07, 6.45) is -0.0611. The van der Waals surface area contributed by atoms with Crippen molar-refractivity contribution >= 4 is 17.3 Å². The lowest BCUT2D eigenvalue weighted by atomic mass is 10.0. The molecule has 0 aliphatic rings. The molecular formula is C13H12O3S. The van der Waals surface area contributed by atoms with E-state index in [2.05, 4.69) is 0 Å². The van der Waals surface area contributed by atoms with Gasteiger partial charge in [0.15, 0.2) is 0 Å². The van der Waals surface area contributed by atoms with E-state index >= 15 is 0 Å². The van der Waals surface area contributed by atoms with Crippen LogP contribution in [-0.2, 0) is 11.2 Å². The SMILES string of the molecule is Cc1ccc(-c2c(O)csc2CC(=O)O)cc1. The van der Waals surface area contributed by atoms with Crippen LogP contribution in [0.5, 0.6) is 5.75 Å². The van der Waals surface area contributed by atoms with Crippen LogP contribution in [-0.4, -0.2) is 16.2 Å². The molecule has 0 unspecified atom stereocenters. The number of aliphatic carboxylic acids is 1. The standard InChI is InChI=1S/C13H12O3S/c1-8-2-4-9(5-3-8)13-10(14)7-17-11(13)6-12(15)16/h2-5,7,14H,6H2,1H3,(H,15,16). The Bertz CT molecular complexity index is 540. The number of hydrogen-bond acceptors (Lipinski definition) is 3. The number of hydrogen-bond donors (Lipinski definition) is 2. The first-order valence-electron chi connectivity index (χ1n) is 5.16. The van der Waals surface area contributed by atoms with Crippen molar-refractivity contribution < 1.29 is 15.0 Å². The van der Waals surface area contributed by atoms with E-state index in [4.69, 9.17) is 5.11 Å². The van der Waals surface area contributed by atoms with Gasteiger partial charge < -0.3 is 10.2 Å². The molecule has 2 N–H and O–H groups in total. The number of benzene rings is 1. The molecule has 0 amide bonds. The zero-order valence-corrected chi connectivity index (χ0v) is 10.1. The predicted molar refractivity (Wildman–Crippen MR) is 67.5 cm³/mol. The first kappa shape index (κ1) is 11.7. The van der Waals surface area contributed by atoms with Gasteiger partial charge in [-0.1, -0.05) is 29.8 Å². The molecule has 88 valence electrons. The number of rotatable bonds is 3. The lowest BCUT2D eigenvalue weighted by Gasteiger charge is -2.04. The van der Waals surface area contributed by atoms with Crippen molar-refractivity contribution in [1.82, 2.24) is 0 Å². The van der Waals surface area contributed by atoms with Gasteiger partial charge >= 0.3 is 5.97 Å². The quantitative estimate of drug-likeness (QED) is 0.877. The van der Waals surface area contributed by atoms with Gasteiger partial charge in [-0.2, -0.15) is 0 Å². The summed E-state index contributed by atoms with van der Waals surface area (Å²) in [5, 5.41) is 20.2. The molecule has 0 aliphatic heterocycles. The van der Waals surface area contributed by atoms with E-state index in [0.29, 0.717) is 10.4 Å². The van der Waals surface area contributed by atoms with E-state index in [1.807, 2.05) is 31.2 Å². The van der Waals surface area contributed by atoms with Crippen molar-refractivity contribution in [3.63, 3.8) is 0 Å². The van der Waals surface area contributed by atoms with Crippen LogP contribution >= 0.6 is 11.3 Å². The fourth-order valence-corrected chi connectivity index (χ4v) is 2.60. The summed E-state index contributed by atoms with van der Waals surface area (Å²) in [4.78, 5) is 11.4. The fraction of sp³-hybridized carbons (Fsp3) is 0.154. The highest BCUT2D eigenvalue weighted by atomic mass is 32.1. The van der Waals surface area contributed by atoms with Crippen molar-refractivity contribution in [2.24, 2.45) is 0 Å². The van der Waals surface area contributed by atoms with Gasteiger partial charge in [-0.05, 0) is 12.5 Å². The predicted octanol–water partition coefficient (Wildman–Crippen LogP) is 3.06. The molecule has 0 radical (unpaired) electrons. The molecule has 1 heterocycles. The van der Waals surface area contributed by atoms with Gasteiger partial charge in [0.2, 0.25) is 0 Å². The minimum Gasteiger partial charge on any atom is -0.506 e. The fourth-order valence-electron chi connectivity index (χ4n) is 1.68. The van der Waals surface area contributed by atoms with Gasteiger partial charge in [0.05, 0.1) is 6.42 Å². The minimum absolute atomic E-state index is 0.0611. The van der Waals surface area contributed by atoms with E-state index in [9.17, 15) is 9.90 Å². The molecule has 0 bridgehead atoms. The highest BCUT2D eigenvalue weighted by molar-refractivity contribution is 7.11. The molecule has 0 saturated heterocycles. The average Bonchev–Trinajstić information content (AvgIpc) is 2.61. The summed E-state index contributed by atoms with van der Waals surface area (Å²) in [7, 11) is 0. The second-order valence-corrected chi connectivity index (χ2v) is 4.82. The molecule has 17 heavy (non-hydrogen) atoms. The van der Waals surface area contributed by atoms with Crippen molar-refractivity contribution in [3.8, 4) is 16.9 Å². The number of carbonyl (C=O) groups is 1. The van der Waals surface area contributed by atoms with E-state index in [1.165, 1.54) is 11.3 Å². The maximum Gasteiger partial charge on any atom is 0.308 e. The molecule has 1 aromatic carbocycles. The van der Waals surface area contributed by atoms with Crippen molar-refractivity contribution in [2.45, 2.75) is 13.3 Å². The van der Waals surface area contributed by atoms with Crippen LogP contribution in [0, 0.1) is 6.92 Å². The number of carboxylic acid groups (broad SMARTS) is 1. The normalized spacial score (nSPS) is 10.4. The van der Waals surface area contributed by atoms with Crippen LogP contribution in [0.2, 0.25) is 0 Å². The lowest BCUT2D eigenvalue weighted by molar-refractivity contribution is -0.136. The smallest absolute Gasteiger partial charge is 0.308 e. The summed E-state index contributed by atoms with van der Waals surface area (Å²) in [5.74, 6) is -0.740. The van der Waals surface area contributed by atoms with Gasteiger partial charge in [-0.3, -0.25) is 4.79 Å². The van der Waals surface area contributed by atoms with Crippen molar-refractivity contribution in [1.29, 1.82) is 0 Å². The third-order valence-corrected chi connectivity index (χ3v) is 3.47. The average molecular weight is 248 g/mol. The summed E-state index contributed by atoms with van der Waals surface area (Å²) < 4.78 is 0. The first-order valence-corrected chi connectivity index (χ1v) is 6.04. The van der Waals surface area contributed by atoms with Crippen LogP contribution in [0.15, 0.2) is 29.6 Å². The van der Waals surface area contributed by atoms with Gasteiger partial charge in [-0.25, -0.2) is 0 Å². The molecule has 0 spiro atoms. The first-order chi connectivity index (χ1) is 8.08. The maximum atomic E-state index is 10.7. The second kappa shape index (κ2) is 4.59. The molecule has 1 aromatic heterocycles. The van der Waals surface area contributed by atoms with Crippen LogP contribution in [0.3, 0.4) is 0 Å². The van der Waals surface area contributed by atoms with Gasteiger partial charge in [0, 0.05) is 15.8 Å². The molecular weight excluding hydrogens is 236 g/mol. The Hall–Kier alpha value is -1.81. The number of aryl methyl sites for hydroxylation is 1. The maximum absolute atomic E-state index is 10.7. The monoisotopic (exact) mass is 248 g/mol. The molecule has 0 fully saturated rings. The van der Waals surface area contributed by atoms with Gasteiger partial charge in [0.1, 0.15) is 5.75 Å². The zero-order valence-electron chi connectivity index (χ0n) is 9.30. The molecule has 3 nitrogen and oxygen atoms in total. The van der Waals surface area contributed by atoms with Crippen LogP contribution < -0.4 is 0 Å². The van der Waals surface area contributed by atoms with Crippen molar-refractivity contribution in [3.05, 3.63) is 40.1 Å². The van der Waals surface area contributed by atoms with Gasteiger partial charge in [-0.15, -0.1) is 11.3 Å². The minimum atomic E-state index is -0.889. The number of aromatic hydroxyl groups is 1. The Labute approximate surface area is 103 Å². The highest BCUT2D eigenvalue weighted by Gasteiger charge is 2.15. The summed E-state index contributed by atoms with van der Waals surface area (Å²) in [5.41, 5.74) is 2.62. The Morgan fingerprint density at radius 2 is 1.94 bits per heavy atom. The van der Waals surface area contributed by atoms with E-state index in [0.717, 1.165) is 11.1 Å². The topological polar surface area (TPSA) is 57.5 Å². The molecule has 0 aliphatic carbocycles. The van der Waals surface area contributed by atoms with Gasteiger partial charge in [0.25, 0.3) is 0 Å². The highest BCUT2D eigenvalue weighted by Crippen LogP contribution is 2.37. The lowest BCUT2D eigenvalue weighted by Crippen LogP contribution is -1.99. The third kappa shape index (κ3) is 2.47. The Morgan fingerprint density at radius 1 is 1.29 bits per heavy atom. The van der Waals surface area contributed by atoms with Crippen LogP contribution in [0.25, 0.3) is 11.1 Å². The second-order valence-electron chi connectivity index (χ2n) is 3.86. The largest absolute Gasteiger partial charge is 0.506 e. The van der Waals surface area contributed by atoms with E-state index in [1.54, 1.807) is 5.38 Å². The zero-order chi connectivity index (χ0) is 12.4. The van der Waals surface area contributed by atoms with E-state index < -0.39 is 5.97 Å². The Morgan fingerprint density at radius 3 is 2.53 bits per heavy atom.